The molecule has 0 aromatic heterocycles. The van der Waals surface area contributed by atoms with Gasteiger partial charge in [-0.25, -0.2) is 4.39 Å². The average Bonchev–Trinajstić information content (AvgIpc) is 2.58. The van der Waals surface area contributed by atoms with Gasteiger partial charge in [-0.3, -0.25) is 0 Å². The average molecular weight is 222 g/mol. The second-order valence-electron chi connectivity index (χ2n) is 4.94. The van der Waals surface area contributed by atoms with Gasteiger partial charge in [0.15, 0.2) is 0 Å². The summed E-state index contributed by atoms with van der Waals surface area (Å²) >= 11 is 0. The molecule has 0 N–H and O–H groups in total. The molecule has 1 aliphatic carbocycles. The van der Waals surface area contributed by atoms with Crippen molar-refractivity contribution >= 4 is 0 Å². The van der Waals surface area contributed by atoms with E-state index in [0.29, 0.717) is 6.04 Å². The zero-order valence-corrected chi connectivity index (χ0v) is 10.4. The molecule has 88 valence electrons. The van der Waals surface area contributed by atoms with Gasteiger partial charge < -0.3 is 9.80 Å². The highest BCUT2D eigenvalue weighted by atomic mass is 19.1. The smallest absolute Gasteiger partial charge is 0.128 e. The topological polar surface area (TPSA) is 6.48 Å². The number of halogens is 1. The van der Waals surface area contributed by atoms with Crippen LogP contribution in [0.25, 0.3) is 0 Å². The van der Waals surface area contributed by atoms with Crippen LogP contribution in [-0.2, 0) is 0 Å². The van der Waals surface area contributed by atoms with E-state index in [2.05, 4.69) is 23.9 Å². The molecule has 0 amide bonds. The molecule has 0 spiro atoms. The first-order valence-electron chi connectivity index (χ1n) is 5.63. The zero-order chi connectivity index (χ0) is 11.9. The number of hydrogen-bond donors (Lipinski definition) is 0. The van der Waals surface area contributed by atoms with E-state index in [9.17, 15) is 4.39 Å². The van der Waals surface area contributed by atoms with Crippen LogP contribution < -0.4 is 0 Å². The maximum Gasteiger partial charge on any atom is 0.128 e. The molecular weight excluding hydrogens is 203 g/mol. The molecule has 2 atom stereocenters. The number of hydrogen-bond acceptors (Lipinski definition) is 2. The minimum absolute atomic E-state index is 0.0689. The van der Waals surface area contributed by atoms with Gasteiger partial charge in [-0.05, 0) is 46.2 Å². The lowest BCUT2D eigenvalue weighted by molar-refractivity contribution is 0.226. The molecule has 2 unspecified atom stereocenters. The quantitative estimate of drug-likeness (QED) is 0.758. The molecular formula is C13H19FN2. The van der Waals surface area contributed by atoms with Gasteiger partial charge in [0.1, 0.15) is 5.82 Å². The molecule has 0 saturated heterocycles. The van der Waals surface area contributed by atoms with Crippen LogP contribution in [0.15, 0.2) is 18.2 Å². The van der Waals surface area contributed by atoms with E-state index in [1.54, 1.807) is 6.07 Å². The molecule has 1 aromatic carbocycles. The lowest BCUT2D eigenvalue weighted by atomic mass is 10.1. The van der Waals surface area contributed by atoms with Crippen LogP contribution in [-0.4, -0.2) is 38.0 Å². The standard InChI is InChI=1S/C13H19FN2/c1-15(2)11-8-12(16(3)4)13-9(11)6-5-7-10(13)14/h5-7,11-12H,8H2,1-4H3. The highest BCUT2D eigenvalue weighted by molar-refractivity contribution is 5.38. The van der Waals surface area contributed by atoms with Gasteiger partial charge >= 0.3 is 0 Å². The third kappa shape index (κ3) is 1.74. The Morgan fingerprint density at radius 1 is 1.06 bits per heavy atom. The lowest BCUT2D eigenvalue weighted by Crippen LogP contribution is -2.21. The van der Waals surface area contributed by atoms with Crippen LogP contribution in [0, 0.1) is 5.82 Å². The third-order valence-electron chi connectivity index (χ3n) is 3.47. The van der Waals surface area contributed by atoms with E-state index in [-0.39, 0.29) is 11.9 Å². The first-order chi connectivity index (χ1) is 7.52. The summed E-state index contributed by atoms with van der Waals surface area (Å²) in [6, 6.07) is 5.95. The summed E-state index contributed by atoms with van der Waals surface area (Å²) in [4.78, 5) is 4.27. The number of nitrogens with zero attached hydrogens (tertiary/aromatic N) is 2. The van der Waals surface area contributed by atoms with Gasteiger partial charge in [-0.2, -0.15) is 0 Å². The molecule has 0 heterocycles. The van der Waals surface area contributed by atoms with Crippen LogP contribution in [0.5, 0.6) is 0 Å². The van der Waals surface area contributed by atoms with E-state index in [1.807, 2.05) is 26.2 Å². The van der Waals surface area contributed by atoms with Crippen LogP contribution in [0.1, 0.15) is 29.6 Å². The Kier molecular flexibility index (Phi) is 3.00. The fourth-order valence-corrected chi connectivity index (χ4v) is 2.61. The molecule has 2 nitrogen and oxygen atoms in total. The second kappa shape index (κ2) is 4.15. The second-order valence-corrected chi connectivity index (χ2v) is 4.94. The summed E-state index contributed by atoms with van der Waals surface area (Å²) < 4.78 is 13.9. The SMILES string of the molecule is CN(C)C1CC(N(C)C)c2c(F)cccc21. The Balaban J connectivity index is 2.49. The summed E-state index contributed by atoms with van der Waals surface area (Å²) in [5.74, 6) is -0.0689. The van der Waals surface area contributed by atoms with Gasteiger partial charge in [0.2, 0.25) is 0 Å². The van der Waals surface area contributed by atoms with E-state index >= 15 is 0 Å². The molecule has 1 aliphatic rings. The highest BCUT2D eigenvalue weighted by Gasteiger charge is 2.35. The molecule has 2 rings (SSSR count). The zero-order valence-electron chi connectivity index (χ0n) is 10.4. The van der Waals surface area contributed by atoms with Crippen LogP contribution >= 0.6 is 0 Å². The molecule has 0 saturated carbocycles. The minimum atomic E-state index is -0.0689. The van der Waals surface area contributed by atoms with Crippen LogP contribution in [0.2, 0.25) is 0 Å². The third-order valence-corrected chi connectivity index (χ3v) is 3.47. The van der Waals surface area contributed by atoms with Crippen molar-refractivity contribution in [3.63, 3.8) is 0 Å². The van der Waals surface area contributed by atoms with Gasteiger partial charge in [0.05, 0.1) is 0 Å². The van der Waals surface area contributed by atoms with E-state index in [4.69, 9.17) is 0 Å². The maximum atomic E-state index is 13.9. The van der Waals surface area contributed by atoms with Gasteiger partial charge in [0, 0.05) is 17.6 Å². The Morgan fingerprint density at radius 3 is 2.25 bits per heavy atom. The largest absolute Gasteiger partial charge is 0.302 e. The van der Waals surface area contributed by atoms with Crippen LogP contribution in [0.3, 0.4) is 0 Å². The Morgan fingerprint density at radius 2 is 1.69 bits per heavy atom. The van der Waals surface area contributed by atoms with Crippen molar-refractivity contribution in [2.75, 3.05) is 28.2 Å². The molecule has 0 fully saturated rings. The molecule has 1 aromatic rings. The van der Waals surface area contributed by atoms with Gasteiger partial charge in [-0.1, -0.05) is 12.1 Å². The first-order valence-corrected chi connectivity index (χ1v) is 5.63. The number of rotatable bonds is 2. The minimum Gasteiger partial charge on any atom is -0.302 e. The van der Waals surface area contributed by atoms with Crippen molar-refractivity contribution < 1.29 is 4.39 Å². The summed E-state index contributed by atoms with van der Waals surface area (Å²) in [5, 5.41) is 0. The first kappa shape index (κ1) is 11.6. The molecule has 0 bridgehead atoms. The van der Waals surface area contributed by atoms with Gasteiger partial charge in [0.25, 0.3) is 0 Å². The predicted molar refractivity (Wildman–Crippen MR) is 63.9 cm³/mol. The summed E-state index contributed by atoms with van der Waals surface area (Å²) in [5.41, 5.74) is 2.02. The summed E-state index contributed by atoms with van der Waals surface area (Å²) in [6.45, 7) is 0. The van der Waals surface area contributed by atoms with E-state index in [0.717, 1.165) is 17.5 Å². The van der Waals surface area contributed by atoms with Crippen molar-refractivity contribution in [3.05, 3.63) is 35.1 Å². The lowest BCUT2D eigenvalue weighted by Gasteiger charge is -2.22. The fraction of sp³-hybridized carbons (Fsp3) is 0.538. The van der Waals surface area contributed by atoms with Crippen molar-refractivity contribution in [1.82, 2.24) is 9.80 Å². The van der Waals surface area contributed by atoms with Crippen molar-refractivity contribution in [1.29, 1.82) is 0 Å². The Labute approximate surface area is 96.7 Å². The van der Waals surface area contributed by atoms with Crippen molar-refractivity contribution in [2.24, 2.45) is 0 Å². The Hall–Kier alpha value is -0.930. The normalized spacial score (nSPS) is 24.2. The fourth-order valence-electron chi connectivity index (χ4n) is 2.61. The predicted octanol–water partition coefficient (Wildman–Crippen LogP) is 2.43. The summed E-state index contributed by atoms with van der Waals surface area (Å²) in [7, 11) is 8.13. The van der Waals surface area contributed by atoms with Crippen molar-refractivity contribution in [2.45, 2.75) is 18.5 Å². The molecule has 3 heteroatoms. The number of benzene rings is 1. The maximum absolute atomic E-state index is 13.9. The number of fused-ring (bicyclic) bond motifs is 1. The molecule has 16 heavy (non-hydrogen) atoms. The monoisotopic (exact) mass is 222 g/mol. The van der Waals surface area contributed by atoms with Gasteiger partial charge in [-0.15, -0.1) is 0 Å². The van der Waals surface area contributed by atoms with E-state index in [1.165, 1.54) is 0 Å². The van der Waals surface area contributed by atoms with E-state index < -0.39 is 0 Å². The molecule has 0 radical (unpaired) electrons. The Bertz CT molecular complexity index is 388. The highest BCUT2D eigenvalue weighted by Crippen LogP contribution is 2.44. The summed E-state index contributed by atoms with van der Waals surface area (Å²) in [6.07, 6.45) is 0.969. The molecule has 0 aliphatic heterocycles. The van der Waals surface area contributed by atoms with Crippen LogP contribution in [0.4, 0.5) is 4.39 Å². The van der Waals surface area contributed by atoms with Crippen molar-refractivity contribution in [3.8, 4) is 0 Å².